The van der Waals surface area contributed by atoms with Crippen LogP contribution in [0.1, 0.15) is 11.1 Å². The minimum atomic E-state index is -0.233. The molecule has 0 aromatic heterocycles. The molecule has 2 heterocycles. The summed E-state index contributed by atoms with van der Waals surface area (Å²) in [6.45, 7) is 3.05. The van der Waals surface area contributed by atoms with Crippen LogP contribution in [-0.4, -0.2) is 49.4 Å². The van der Waals surface area contributed by atoms with Crippen molar-refractivity contribution in [2.24, 2.45) is 4.99 Å². The predicted molar refractivity (Wildman–Crippen MR) is 124 cm³/mol. The van der Waals surface area contributed by atoms with Gasteiger partial charge in [-0.25, -0.2) is 0 Å². The van der Waals surface area contributed by atoms with Crippen LogP contribution in [0.25, 0.3) is 6.08 Å². The second kappa shape index (κ2) is 9.96. The summed E-state index contributed by atoms with van der Waals surface area (Å²) < 4.78 is 16.7. The summed E-state index contributed by atoms with van der Waals surface area (Å²) in [5.74, 6) is 0.902. The zero-order chi connectivity index (χ0) is 21.8. The van der Waals surface area contributed by atoms with E-state index < -0.39 is 0 Å². The van der Waals surface area contributed by atoms with E-state index >= 15 is 0 Å². The van der Waals surface area contributed by atoms with Crippen molar-refractivity contribution in [3.8, 4) is 11.5 Å². The lowest BCUT2D eigenvalue weighted by atomic mass is 10.2. The maximum absolute atomic E-state index is 12.4. The van der Waals surface area contributed by atoms with Crippen molar-refractivity contribution in [1.82, 2.24) is 4.90 Å². The van der Waals surface area contributed by atoms with E-state index in [1.54, 1.807) is 19.2 Å². The number of morpholine rings is 1. The van der Waals surface area contributed by atoms with Crippen LogP contribution >= 0.6 is 35.0 Å². The Morgan fingerprint density at radius 2 is 1.97 bits per heavy atom. The first kappa shape index (κ1) is 22.0. The van der Waals surface area contributed by atoms with Gasteiger partial charge in [-0.2, -0.15) is 4.99 Å². The normalized spacial score (nSPS) is 17.8. The molecule has 4 rings (SSSR count). The summed E-state index contributed by atoms with van der Waals surface area (Å²) in [5, 5.41) is 1.84. The first-order valence-corrected chi connectivity index (χ1v) is 11.2. The molecule has 0 radical (unpaired) electrons. The van der Waals surface area contributed by atoms with Gasteiger partial charge < -0.3 is 19.1 Å². The molecular weight excluding hydrogens is 459 g/mol. The molecule has 9 heteroatoms. The summed E-state index contributed by atoms with van der Waals surface area (Å²) in [5.41, 5.74) is 1.64. The zero-order valence-electron chi connectivity index (χ0n) is 16.8. The highest BCUT2D eigenvalue weighted by Crippen LogP contribution is 2.34. The fraction of sp³-hybridized carbons (Fsp3) is 0.273. The number of halogens is 2. The van der Waals surface area contributed by atoms with Gasteiger partial charge in [-0.15, -0.1) is 0 Å². The van der Waals surface area contributed by atoms with Gasteiger partial charge in [0.25, 0.3) is 5.91 Å². The lowest BCUT2D eigenvalue weighted by molar-refractivity contribution is -0.113. The standard InChI is InChI=1S/C22H20Cl2N2O4S/c1-28-19-10-14(2-5-18(19)30-13-15-3-4-16(23)12-17(15)24)11-20-21(27)25-22(31-20)26-6-8-29-9-7-26/h2-5,10-12H,6-9,13H2,1H3. The molecule has 0 spiro atoms. The SMILES string of the molecule is COc1cc(C=C2SC(N3CCOCC3)=NC2=O)ccc1OCc1ccc(Cl)cc1Cl. The van der Waals surface area contributed by atoms with Crippen molar-refractivity contribution in [3.63, 3.8) is 0 Å². The van der Waals surface area contributed by atoms with Crippen molar-refractivity contribution in [2.75, 3.05) is 33.4 Å². The van der Waals surface area contributed by atoms with Crippen LogP contribution in [0.3, 0.4) is 0 Å². The fourth-order valence-corrected chi connectivity index (χ4v) is 4.55. The van der Waals surface area contributed by atoms with Crippen molar-refractivity contribution < 1.29 is 19.0 Å². The van der Waals surface area contributed by atoms with E-state index in [2.05, 4.69) is 9.89 Å². The Morgan fingerprint density at radius 1 is 1.16 bits per heavy atom. The lowest BCUT2D eigenvalue weighted by Crippen LogP contribution is -2.38. The molecule has 0 unspecified atom stereocenters. The number of rotatable bonds is 5. The molecular formula is C22H20Cl2N2O4S. The van der Waals surface area contributed by atoms with E-state index in [-0.39, 0.29) is 12.5 Å². The van der Waals surface area contributed by atoms with Gasteiger partial charge in [0.2, 0.25) is 0 Å². The summed E-state index contributed by atoms with van der Waals surface area (Å²) in [7, 11) is 1.57. The molecule has 2 aliphatic heterocycles. The van der Waals surface area contributed by atoms with Crippen molar-refractivity contribution in [3.05, 3.63) is 62.5 Å². The highest BCUT2D eigenvalue weighted by atomic mass is 35.5. The summed E-state index contributed by atoms with van der Waals surface area (Å²) in [6, 6.07) is 10.8. The number of aliphatic imine (C=N–C) groups is 1. The van der Waals surface area contributed by atoms with Gasteiger partial charge in [-0.1, -0.05) is 35.3 Å². The average molecular weight is 479 g/mol. The van der Waals surface area contributed by atoms with Gasteiger partial charge in [0.1, 0.15) is 6.61 Å². The van der Waals surface area contributed by atoms with E-state index in [1.807, 2.05) is 30.3 Å². The number of ether oxygens (including phenoxy) is 3. The third-order valence-corrected chi connectivity index (χ3v) is 6.41. The molecule has 0 N–H and O–H groups in total. The quantitative estimate of drug-likeness (QED) is 0.570. The van der Waals surface area contributed by atoms with E-state index in [4.69, 9.17) is 37.4 Å². The Hall–Kier alpha value is -2.19. The van der Waals surface area contributed by atoms with E-state index in [1.165, 1.54) is 11.8 Å². The molecule has 0 aliphatic carbocycles. The largest absolute Gasteiger partial charge is 0.493 e. The van der Waals surface area contributed by atoms with Crippen molar-refractivity contribution in [2.45, 2.75) is 6.61 Å². The number of methoxy groups -OCH3 is 1. The van der Waals surface area contributed by atoms with Gasteiger partial charge in [-0.05, 0) is 47.7 Å². The zero-order valence-corrected chi connectivity index (χ0v) is 19.1. The van der Waals surface area contributed by atoms with Crippen LogP contribution in [-0.2, 0) is 16.1 Å². The average Bonchev–Trinajstić information content (AvgIpc) is 3.14. The van der Waals surface area contributed by atoms with Crippen LogP contribution in [0.15, 0.2) is 46.3 Å². The van der Waals surface area contributed by atoms with Crippen molar-refractivity contribution in [1.29, 1.82) is 0 Å². The molecule has 0 atom stereocenters. The number of hydrogen-bond donors (Lipinski definition) is 0. The van der Waals surface area contributed by atoms with E-state index in [9.17, 15) is 4.79 Å². The summed E-state index contributed by atoms with van der Waals surface area (Å²) >= 11 is 13.5. The van der Waals surface area contributed by atoms with Crippen LogP contribution in [0.2, 0.25) is 10.0 Å². The van der Waals surface area contributed by atoms with E-state index in [0.29, 0.717) is 39.7 Å². The highest BCUT2D eigenvalue weighted by Gasteiger charge is 2.27. The molecule has 0 saturated carbocycles. The number of amidine groups is 1. The Bertz CT molecular complexity index is 1050. The molecule has 2 aromatic rings. The highest BCUT2D eigenvalue weighted by molar-refractivity contribution is 8.18. The number of benzene rings is 2. The van der Waals surface area contributed by atoms with E-state index in [0.717, 1.165) is 29.4 Å². The molecule has 6 nitrogen and oxygen atoms in total. The Morgan fingerprint density at radius 3 is 2.71 bits per heavy atom. The lowest BCUT2D eigenvalue weighted by Gasteiger charge is -2.27. The first-order valence-electron chi connectivity index (χ1n) is 9.63. The van der Waals surface area contributed by atoms with Gasteiger partial charge in [0, 0.05) is 28.7 Å². The minimum absolute atomic E-state index is 0.233. The number of thioether (sulfide) groups is 1. The van der Waals surface area contributed by atoms with Crippen LogP contribution in [0, 0.1) is 0 Å². The molecule has 2 aliphatic rings. The molecule has 1 fully saturated rings. The Kier molecular flexibility index (Phi) is 7.07. The smallest absolute Gasteiger partial charge is 0.286 e. The number of hydrogen-bond acceptors (Lipinski definition) is 6. The van der Waals surface area contributed by atoms with Gasteiger partial charge >= 0.3 is 0 Å². The predicted octanol–water partition coefficient (Wildman–Crippen LogP) is 4.88. The van der Waals surface area contributed by atoms with Gasteiger partial charge in [0.15, 0.2) is 16.7 Å². The fourth-order valence-electron chi connectivity index (χ4n) is 3.13. The maximum Gasteiger partial charge on any atom is 0.286 e. The maximum atomic E-state index is 12.4. The molecule has 2 aromatic carbocycles. The number of nitrogens with zero attached hydrogens (tertiary/aromatic N) is 2. The molecule has 1 amide bonds. The first-order chi connectivity index (χ1) is 15.0. The number of carbonyl (C=O) groups excluding carboxylic acids is 1. The Balaban J connectivity index is 1.46. The van der Waals surface area contributed by atoms with Crippen molar-refractivity contribution >= 4 is 52.1 Å². The van der Waals surface area contributed by atoms with Crippen LogP contribution < -0.4 is 9.47 Å². The molecule has 0 bridgehead atoms. The second-order valence-electron chi connectivity index (χ2n) is 6.84. The minimum Gasteiger partial charge on any atom is -0.493 e. The molecule has 1 saturated heterocycles. The molecule has 162 valence electrons. The third-order valence-electron chi connectivity index (χ3n) is 4.77. The summed E-state index contributed by atoms with van der Waals surface area (Å²) in [6.07, 6.45) is 1.81. The van der Waals surface area contributed by atoms with Gasteiger partial charge in [0.05, 0.1) is 25.2 Å². The summed E-state index contributed by atoms with van der Waals surface area (Å²) in [4.78, 5) is 19.2. The Labute approximate surface area is 194 Å². The number of carbonyl (C=O) groups is 1. The monoisotopic (exact) mass is 478 g/mol. The second-order valence-corrected chi connectivity index (χ2v) is 8.70. The van der Waals surface area contributed by atoms with Gasteiger partial charge in [-0.3, -0.25) is 4.79 Å². The van der Waals surface area contributed by atoms with Crippen LogP contribution in [0.5, 0.6) is 11.5 Å². The third kappa shape index (κ3) is 5.36. The number of amides is 1. The topological polar surface area (TPSA) is 60.4 Å². The molecule has 31 heavy (non-hydrogen) atoms. The van der Waals surface area contributed by atoms with Crippen LogP contribution in [0.4, 0.5) is 0 Å².